The maximum atomic E-state index is 9.43. The second kappa shape index (κ2) is 4.04. The Kier molecular flexibility index (Phi) is 2.75. The molecule has 2 rings (SSSR count). The molecule has 1 aromatic heterocycles. The van der Waals surface area contributed by atoms with E-state index in [-0.39, 0.29) is 0 Å². The number of β-amino-alcohol motifs (C(OH)–C–C–N with tert-alkyl or cyclic N) is 2. The number of aliphatic hydroxyl groups is 2. The largest absolute Gasteiger partial charge is 0.389 e. The zero-order valence-electron chi connectivity index (χ0n) is 8.59. The average molecular weight is 209 g/mol. The van der Waals surface area contributed by atoms with Gasteiger partial charge in [0.25, 0.3) is 0 Å². The van der Waals surface area contributed by atoms with Crippen molar-refractivity contribution in [3.05, 3.63) is 18.3 Å². The van der Waals surface area contributed by atoms with Crippen molar-refractivity contribution in [2.24, 2.45) is 0 Å². The summed E-state index contributed by atoms with van der Waals surface area (Å²) in [5.41, 5.74) is 0.963. The van der Waals surface area contributed by atoms with Crippen LogP contribution in [0.5, 0.6) is 0 Å². The molecule has 0 saturated carbocycles. The van der Waals surface area contributed by atoms with Crippen molar-refractivity contribution < 1.29 is 10.2 Å². The molecule has 3 N–H and O–H groups in total. The quantitative estimate of drug-likeness (QED) is 0.622. The van der Waals surface area contributed by atoms with Gasteiger partial charge < -0.3 is 20.4 Å². The van der Waals surface area contributed by atoms with Gasteiger partial charge in [0.2, 0.25) is 0 Å². The first-order valence-corrected chi connectivity index (χ1v) is 4.95. The summed E-state index contributed by atoms with van der Waals surface area (Å²) in [6.07, 6.45) is 0.394. The lowest BCUT2D eigenvalue weighted by atomic mass is 10.3. The molecule has 0 aromatic carbocycles. The van der Waals surface area contributed by atoms with E-state index in [1.165, 1.54) is 0 Å². The van der Waals surface area contributed by atoms with Crippen LogP contribution in [0, 0.1) is 0 Å². The SMILES string of the molecule is CNc1cc(N2CC(O)C(O)C2)ccn1. The van der Waals surface area contributed by atoms with Gasteiger partial charge in [-0.25, -0.2) is 4.98 Å². The number of hydrogen-bond donors (Lipinski definition) is 3. The van der Waals surface area contributed by atoms with E-state index >= 15 is 0 Å². The van der Waals surface area contributed by atoms with Gasteiger partial charge in [0.15, 0.2) is 0 Å². The van der Waals surface area contributed by atoms with Crippen LogP contribution in [-0.2, 0) is 0 Å². The molecule has 1 aliphatic heterocycles. The van der Waals surface area contributed by atoms with Crippen molar-refractivity contribution in [3.8, 4) is 0 Å². The Bertz CT molecular complexity index is 335. The Hall–Kier alpha value is -1.33. The Morgan fingerprint density at radius 1 is 1.40 bits per heavy atom. The van der Waals surface area contributed by atoms with Gasteiger partial charge in [-0.3, -0.25) is 0 Å². The molecule has 0 bridgehead atoms. The van der Waals surface area contributed by atoms with E-state index in [2.05, 4.69) is 10.3 Å². The molecule has 0 spiro atoms. The average Bonchev–Trinajstić information content (AvgIpc) is 2.59. The first-order valence-electron chi connectivity index (χ1n) is 4.95. The second-order valence-electron chi connectivity index (χ2n) is 3.69. The van der Waals surface area contributed by atoms with Crippen LogP contribution < -0.4 is 10.2 Å². The summed E-state index contributed by atoms with van der Waals surface area (Å²) in [4.78, 5) is 6.05. The molecule has 15 heavy (non-hydrogen) atoms. The normalized spacial score (nSPS) is 25.7. The second-order valence-corrected chi connectivity index (χ2v) is 3.69. The van der Waals surface area contributed by atoms with Crippen molar-refractivity contribution in [3.63, 3.8) is 0 Å². The predicted octanol–water partition coefficient (Wildman–Crippen LogP) is -0.335. The van der Waals surface area contributed by atoms with Crippen LogP contribution in [0.4, 0.5) is 11.5 Å². The van der Waals surface area contributed by atoms with E-state index in [4.69, 9.17) is 0 Å². The molecule has 0 amide bonds. The van der Waals surface area contributed by atoms with Gasteiger partial charge in [0.1, 0.15) is 5.82 Å². The number of nitrogens with one attached hydrogen (secondary N) is 1. The minimum atomic E-state index is -0.656. The molecule has 1 fully saturated rings. The van der Waals surface area contributed by atoms with Gasteiger partial charge in [-0.15, -0.1) is 0 Å². The van der Waals surface area contributed by atoms with E-state index in [1.54, 1.807) is 13.2 Å². The van der Waals surface area contributed by atoms with Crippen LogP contribution in [0.25, 0.3) is 0 Å². The molecule has 1 aromatic rings. The Morgan fingerprint density at radius 3 is 2.67 bits per heavy atom. The van der Waals surface area contributed by atoms with Crippen LogP contribution in [0.3, 0.4) is 0 Å². The van der Waals surface area contributed by atoms with Gasteiger partial charge in [-0.2, -0.15) is 0 Å². The fourth-order valence-electron chi connectivity index (χ4n) is 1.73. The predicted molar refractivity (Wildman–Crippen MR) is 58.0 cm³/mol. The molecular weight excluding hydrogens is 194 g/mol. The zero-order chi connectivity index (χ0) is 10.8. The molecular formula is C10H15N3O2. The van der Waals surface area contributed by atoms with Gasteiger partial charge in [0, 0.05) is 38.1 Å². The van der Waals surface area contributed by atoms with E-state index < -0.39 is 12.2 Å². The maximum absolute atomic E-state index is 9.43. The first-order chi connectivity index (χ1) is 7.20. The highest BCUT2D eigenvalue weighted by Gasteiger charge is 2.29. The molecule has 82 valence electrons. The van der Waals surface area contributed by atoms with Crippen LogP contribution in [0.2, 0.25) is 0 Å². The van der Waals surface area contributed by atoms with Crippen molar-refractivity contribution in [2.45, 2.75) is 12.2 Å². The standard InChI is InChI=1S/C10H15N3O2/c1-11-10-4-7(2-3-12-10)13-5-8(14)9(15)6-13/h2-4,8-9,14-15H,5-6H2,1H3,(H,11,12). The number of aromatic nitrogens is 1. The van der Waals surface area contributed by atoms with Crippen molar-refractivity contribution >= 4 is 11.5 Å². The zero-order valence-corrected chi connectivity index (χ0v) is 8.59. The summed E-state index contributed by atoms with van der Waals surface area (Å²) < 4.78 is 0. The van der Waals surface area contributed by atoms with E-state index in [0.29, 0.717) is 13.1 Å². The minimum absolute atomic E-state index is 0.467. The summed E-state index contributed by atoms with van der Waals surface area (Å²) >= 11 is 0. The van der Waals surface area contributed by atoms with Gasteiger partial charge in [-0.05, 0) is 6.07 Å². The molecule has 5 heteroatoms. The van der Waals surface area contributed by atoms with Crippen molar-refractivity contribution in [1.29, 1.82) is 0 Å². The fraction of sp³-hybridized carbons (Fsp3) is 0.500. The van der Waals surface area contributed by atoms with E-state index in [1.807, 2.05) is 17.0 Å². The Labute approximate surface area is 88.4 Å². The summed E-state index contributed by atoms with van der Waals surface area (Å²) in [5, 5.41) is 21.8. The van der Waals surface area contributed by atoms with Gasteiger partial charge in [-0.1, -0.05) is 0 Å². The fourth-order valence-corrected chi connectivity index (χ4v) is 1.73. The minimum Gasteiger partial charge on any atom is -0.389 e. The summed E-state index contributed by atoms with van der Waals surface area (Å²) in [6.45, 7) is 0.933. The van der Waals surface area contributed by atoms with E-state index in [0.717, 1.165) is 11.5 Å². The smallest absolute Gasteiger partial charge is 0.127 e. The molecule has 0 aliphatic carbocycles. The monoisotopic (exact) mass is 209 g/mol. The highest BCUT2D eigenvalue weighted by atomic mass is 16.3. The topological polar surface area (TPSA) is 68.6 Å². The molecule has 1 aliphatic rings. The Morgan fingerprint density at radius 2 is 2.07 bits per heavy atom. The van der Waals surface area contributed by atoms with Crippen molar-refractivity contribution in [1.82, 2.24) is 4.98 Å². The summed E-state index contributed by atoms with van der Waals surface area (Å²) in [6, 6.07) is 3.76. The lowest BCUT2D eigenvalue weighted by molar-refractivity contribution is 0.0572. The molecule has 0 radical (unpaired) electrons. The summed E-state index contributed by atoms with van der Waals surface area (Å²) in [7, 11) is 1.81. The van der Waals surface area contributed by atoms with Crippen molar-refractivity contribution in [2.75, 3.05) is 30.4 Å². The van der Waals surface area contributed by atoms with Crippen LogP contribution in [0.1, 0.15) is 0 Å². The molecule has 2 heterocycles. The van der Waals surface area contributed by atoms with Crippen LogP contribution in [-0.4, -0.2) is 47.5 Å². The number of nitrogens with zero attached hydrogens (tertiary/aromatic N) is 2. The third-order valence-corrected chi connectivity index (χ3v) is 2.62. The maximum Gasteiger partial charge on any atom is 0.127 e. The number of aliphatic hydroxyl groups excluding tert-OH is 2. The first kappa shape index (κ1) is 10.2. The highest BCUT2D eigenvalue weighted by Crippen LogP contribution is 2.22. The number of anilines is 2. The molecule has 1 saturated heterocycles. The molecule has 5 nitrogen and oxygen atoms in total. The van der Waals surface area contributed by atoms with Crippen LogP contribution >= 0.6 is 0 Å². The lowest BCUT2D eigenvalue weighted by Gasteiger charge is -2.17. The van der Waals surface area contributed by atoms with Gasteiger partial charge >= 0.3 is 0 Å². The van der Waals surface area contributed by atoms with Gasteiger partial charge in [0.05, 0.1) is 12.2 Å². The number of rotatable bonds is 2. The highest BCUT2D eigenvalue weighted by molar-refractivity contribution is 5.54. The number of hydrogen-bond acceptors (Lipinski definition) is 5. The number of pyridine rings is 1. The Balaban J connectivity index is 2.16. The molecule has 2 atom stereocenters. The van der Waals surface area contributed by atoms with Crippen LogP contribution in [0.15, 0.2) is 18.3 Å². The van der Waals surface area contributed by atoms with E-state index in [9.17, 15) is 10.2 Å². The summed E-state index contributed by atoms with van der Waals surface area (Å²) in [5.74, 6) is 0.781. The third-order valence-electron chi connectivity index (χ3n) is 2.62. The lowest BCUT2D eigenvalue weighted by Crippen LogP contribution is -2.22. The third kappa shape index (κ3) is 2.03. The molecule has 2 unspecified atom stereocenters.